The van der Waals surface area contributed by atoms with Gasteiger partial charge in [0.1, 0.15) is 11.6 Å². The number of amides is 2. The number of hydrogen-bond acceptors (Lipinski definition) is 3. The molecule has 7 heteroatoms. The fourth-order valence-electron chi connectivity index (χ4n) is 1.70. The van der Waals surface area contributed by atoms with E-state index in [0.29, 0.717) is 5.56 Å². The second-order valence-electron chi connectivity index (χ2n) is 4.64. The number of rotatable bonds is 4. The summed E-state index contributed by atoms with van der Waals surface area (Å²) in [6.45, 7) is 1.48. The molecule has 23 heavy (non-hydrogen) atoms. The number of benzene rings is 2. The lowest BCUT2D eigenvalue weighted by atomic mass is 10.2. The van der Waals surface area contributed by atoms with E-state index in [1.807, 2.05) is 0 Å². The minimum absolute atomic E-state index is 0.0537. The Morgan fingerprint density at radius 3 is 2.48 bits per heavy atom. The van der Waals surface area contributed by atoms with Crippen molar-refractivity contribution >= 4 is 23.4 Å². The summed E-state index contributed by atoms with van der Waals surface area (Å²) in [5.74, 6) is -1.36. The van der Waals surface area contributed by atoms with Crippen LogP contribution in [-0.4, -0.2) is 17.9 Å². The van der Waals surface area contributed by atoms with Gasteiger partial charge in [0.25, 0.3) is 11.8 Å². The average molecular weight is 337 g/mol. The molecule has 2 aromatic carbocycles. The Hall–Kier alpha value is -2.60. The molecular weight excluding hydrogens is 323 g/mol. The van der Waals surface area contributed by atoms with Crippen LogP contribution in [0.15, 0.2) is 48.5 Å². The monoisotopic (exact) mass is 336 g/mol. The molecule has 5 nitrogen and oxygen atoms in total. The maximum Gasteiger partial charge on any atom is 0.279 e. The highest BCUT2D eigenvalue weighted by Crippen LogP contribution is 2.25. The summed E-state index contributed by atoms with van der Waals surface area (Å²) in [6.07, 6.45) is -0.936. The third kappa shape index (κ3) is 4.69. The van der Waals surface area contributed by atoms with Crippen molar-refractivity contribution in [1.82, 2.24) is 10.9 Å². The van der Waals surface area contributed by atoms with E-state index < -0.39 is 23.7 Å². The van der Waals surface area contributed by atoms with E-state index in [1.165, 1.54) is 19.1 Å². The van der Waals surface area contributed by atoms with Crippen LogP contribution in [0.25, 0.3) is 0 Å². The Balaban J connectivity index is 1.89. The van der Waals surface area contributed by atoms with Gasteiger partial charge in [-0.05, 0) is 37.3 Å². The summed E-state index contributed by atoms with van der Waals surface area (Å²) < 4.78 is 18.3. The van der Waals surface area contributed by atoms with E-state index in [2.05, 4.69) is 10.9 Å². The first-order valence-electron chi connectivity index (χ1n) is 6.74. The zero-order valence-corrected chi connectivity index (χ0v) is 12.9. The summed E-state index contributed by atoms with van der Waals surface area (Å²) >= 11 is 5.82. The predicted octanol–water partition coefficient (Wildman–Crippen LogP) is 2.71. The summed E-state index contributed by atoms with van der Waals surface area (Å²) in [7, 11) is 0. The normalized spacial score (nSPS) is 11.4. The largest absolute Gasteiger partial charge is 0.479 e. The molecule has 0 aliphatic heterocycles. The molecule has 0 aromatic heterocycles. The number of carbonyl (C=O) groups excluding carboxylic acids is 2. The Morgan fingerprint density at radius 1 is 1.13 bits per heavy atom. The van der Waals surface area contributed by atoms with E-state index in [9.17, 15) is 14.0 Å². The van der Waals surface area contributed by atoms with Gasteiger partial charge in [0, 0.05) is 5.56 Å². The van der Waals surface area contributed by atoms with Crippen LogP contribution >= 0.6 is 11.6 Å². The summed E-state index contributed by atoms with van der Waals surface area (Å²) in [5, 5.41) is 0.0537. The predicted molar refractivity (Wildman–Crippen MR) is 83.6 cm³/mol. The Morgan fingerprint density at radius 2 is 1.83 bits per heavy atom. The highest BCUT2D eigenvalue weighted by Gasteiger charge is 2.17. The van der Waals surface area contributed by atoms with E-state index in [4.69, 9.17) is 16.3 Å². The number of nitrogens with one attached hydrogen (secondary N) is 2. The molecular formula is C16H14ClFN2O3. The van der Waals surface area contributed by atoms with Crippen molar-refractivity contribution in [1.29, 1.82) is 0 Å². The minimum Gasteiger partial charge on any atom is -0.479 e. The fraction of sp³-hybridized carbons (Fsp3) is 0.125. The number of ether oxygens (including phenoxy) is 1. The molecule has 0 aliphatic carbocycles. The fourth-order valence-corrected chi connectivity index (χ4v) is 1.91. The number of carbonyl (C=O) groups is 2. The Bertz CT molecular complexity index is 710. The molecule has 0 bridgehead atoms. The third-order valence-corrected chi connectivity index (χ3v) is 3.20. The maximum atomic E-state index is 12.9. The molecule has 0 spiro atoms. The van der Waals surface area contributed by atoms with Gasteiger partial charge in [-0.2, -0.15) is 0 Å². The van der Waals surface area contributed by atoms with E-state index in [1.54, 1.807) is 30.3 Å². The van der Waals surface area contributed by atoms with Crippen molar-refractivity contribution in [2.75, 3.05) is 0 Å². The molecule has 1 atom stereocenters. The van der Waals surface area contributed by atoms with E-state index in [0.717, 1.165) is 6.07 Å². The molecule has 0 radical (unpaired) electrons. The minimum atomic E-state index is -0.936. The molecule has 2 rings (SSSR count). The first-order chi connectivity index (χ1) is 11.0. The van der Waals surface area contributed by atoms with Gasteiger partial charge in [0.15, 0.2) is 6.10 Å². The standard InChI is InChI=1S/C16H14ClFN2O3/c1-10(23-14-8-7-12(18)9-13(14)17)15(21)19-20-16(22)11-5-3-2-4-6-11/h2-10H,1H3,(H,19,21)(H,20,22)/t10-/m0/s1. The molecule has 0 heterocycles. The van der Waals surface area contributed by atoms with E-state index >= 15 is 0 Å². The highest BCUT2D eigenvalue weighted by atomic mass is 35.5. The Kier molecular flexibility index (Phi) is 5.54. The van der Waals surface area contributed by atoms with Crippen molar-refractivity contribution in [2.24, 2.45) is 0 Å². The molecule has 0 fully saturated rings. The van der Waals surface area contributed by atoms with Gasteiger partial charge in [-0.25, -0.2) is 4.39 Å². The molecule has 0 aliphatic rings. The van der Waals surface area contributed by atoms with Crippen LogP contribution in [0.2, 0.25) is 5.02 Å². The zero-order valence-electron chi connectivity index (χ0n) is 12.2. The van der Waals surface area contributed by atoms with Gasteiger partial charge in [-0.1, -0.05) is 29.8 Å². The summed E-state index contributed by atoms with van der Waals surface area (Å²) in [5.41, 5.74) is 4.93. The van der Waals surface area contributed by atoms with Crippen LogP contribution in [0.5, 0.6) is 5.75 Å². The molecule has 2 N–H and O–H groups in total. The second-order valence-corrected chi connectivity index (χ2v) is 5.05. The van der Waals surface area contributed by atoms with Gasteiger partial charge < -0.3 is 4.74 Å². The molecule has 2 aromatic rings. The quantitative estimate of drug-likeness (QED) is 0.844. The van der Waals surface area contributed by atoms with Gasteiger partial charge in [0.2, 0.25) is 0 Å². The number of hydrogen-bond donors (Lipinski definition) is 2. The molecule has 120 valence electrons. The highest BCUT2D eigenvalue weighted by molar-refractivity contribution is 6.32. The topological polar surface area (TPSA) is 67.4 Å². The van der Waals surface area contributed by atoms with Crippen LogP contribution in [-0.2, 0) is 4.79 Å². The lowest BCUT2D eigenvalue weighted by molar-refractivity contribution is -0.128. The van der Waals surface area contributed by atoms with Gasteiger partial charge >= 0.3 is 0 Å². The van der Waals surface area contributed by atoms with Gasteiger partial charge in [-0.15, -0.1) is 0 Å². The zero-order chi connectivity index (χ0) is 16.8. The average Bonchev–Trinajstić information content (AvgIpc) is 2.55. The summed E-state index contributed by atoms with van der Waals surface area (Å²) in [4.78, 5) is 23.7. The van der Waals surface area contributed by atoms with Crippen molar-refractivity contribution < 1.29 is 18.7 Å². The molecule has 0 saturated heterocycles. The molecule has 2 amide bonds. The molecule has 0 saturated carbocycles. The van der Waals surface area contributed by atoms with Crippen molar-refractivity contribution in [2.45, 2.75) is 13.0 Å². The number of halogens is 2. The number of hydrazine groups is 1. The van der Waals surface area contributed by atoms with Gasteiger partial charge in [0.05, 0.1) is 5.02 Å². The van der Waals surface area contributed by atoms with Crippen LogP contribution in [0.3, 0.4) is 0 Å². The van der Waals surface area contributed by atoms with Crippen LogP contribution in [0.1, 0.15) is 17.3 Å². The Labute approximate surface area is 137 Å². The molecule has 0 unspecified atom stereocenters. The SMILES string of the molecule is C[C@H](Oc1ccc(F)cc1Cl)C(=O)NNC(=O)c1ccccc1. The first kappa shape index (κ1) is 16.8. The van der Waals surface area contributed by atoms with Crippen molar-refractivity contribution in [3.63, 3.8) is 0 Å². The van der Waals surface area contributed by atoms with E-state index in [-0.39, 0.29) is 10.8 Å². The smallest absolute Gasteiger partial charge is 0.279 e. The second kappa shape index (κ2) is 7.60. The lowest BCUT2D eigenvalue weighted by Gasteiger charge is -2.16. The van der Waals surface area contributed by atoms with Crippen molar-refractivity contribution in [3.8, 4) is 5.75 Å². The maximum absolute atomic E-state index is 12.9. The lowest BCUT2D eigenvalue weighted by Crippen LogP contribution is -2.47. The van der Waals surface area contributed by atoms with Crippen molar-refractivity contribution in [3.05, 3.63) is 64.9 Å². The van der Waals surface area contributed by atoms with Crippen LogP contribution in [0, 0.1) is 5.82 Å². The van der Waals surface area contributed by atoms with Crippen LogP contribution in [0.4, 0.5) is 4.39 Å². The van der Waals surface area contributed by atoms with Crippen LogP contribution < -0.4 is 15.6 Å². The first-order valence-corrected chi connectivity index (χ1v) is 7.12. The third-order valence-electron chi connectivity index (χ3n) is 2.90. The van der Waals surface area contributed by atoms with Gasteiger partial charge in [-0.3, -0.25) is 20.4 Å². The summed E-state index contributed by atoms with van der Waals surface area (Å²) in [6, 6.07) is 12.0.